The third kappa shape index (κ3) is 3.79. The zero-order valence-electron chi connectivity index (χ0n) is 15.3. The number of rotatable bonds is 5. The first kappa shape index (κ1) is 18.2. The van der Waals surface area contributed by atoms with Crippen LogP contribution in [0.2, 0.25) is 0 Å². The number of amides is 1. The second-order valence-corrected chi connectivity index (χ2v) is 7.08. The zero-order valence-corrected chi connectivity index (χ0v) is 15.3. The molecule has 0 radical (unpaired) electrons. The van der Waals surface area contributed by atoms with Crippen LogP contribution in [-0.2, 0) is 16.1 Å². The lowest BCUT2D eigenvalue weighted by atomic mass is 9.88. The van der Waals surface area contributed by atoms with Crippen LogP contribution in [-0.4, -0.2) is 28.4 Å². The average Bonchev–Trinajstić information content (AvgIpc) is 2.65. The van der Waals surface area contributed by atoms with Crippen molar-refractivity contribution in [3.05, 3.63) is 70.8 Å². The molecule has 1 aliphatic heterocycles. The van der Waals surface area contributed by atoms with E-state index in [2.05, 4.69) is 31.2 Å². The summed E-state index contributed by atoms with van der Waals surface area (Å²) in [6, 6.07) is 15.8. The van der Waals surface area contributed by atoms with Gasteiger partial charge in [-0.1, -0.05) is 61.0 Å². The molecule has 1 aliphatic rings. The predicted molar refractivity (Wildman–Crippen MR) is 101 cm³/mol. The number of aryl methyl sites for hydroxylation is 1. The van der Waals surface area contributed by atoms with E-state index >= 15 is 0 Å². The summed E-state index contributed by atoms with van der Waals surface area (Å²) in [6.45, 7) is 4.87. The third-order valence-electron chi connectivity index (χ3n) is 5.31. The van der Waals surface area contributed by atoms with E-state index in [4.69, 9.17) is 0 Å². The van der Waals surface area contributed by atoms with Crippen molar-refractivity contribution in [2.24, 2.45) is 0 Å². The molecule has 2 unspecified atom stereocenters. The molecule has 2 aromatic carbocycles. The minimum atomic E-state index is -0.875. The highest BCUT2D eigenvalue weighted by Crippen LogP contribution is 2.31. The van der Waals surface area contributed by atoms with Crippen molar-refractivity contribution < 1.29 is 14.7 Å². The summed E-state index contributed by atoms with van der Waals surface area (Å²) in [5.74, 6) is -1.34. The number of carboxylic acid groups (broad SMARTS) is 1. The minimum absolute atomic E-state index is 0.0261. The number of benzene rings is 2. The molecule has 1 heterocycles. The molecular formula is C22H25NO3. The highest BCUT2D eigenvalue weighted by atomic mass is 16.4. The molecule has 4 heteroatoms. The monoisotopic (exact) mass is 351 g/mol. The lowest BCUT2D eigenvalue weighted by Crippen LogP contribution is -2.41. The molecule has 0 aromatic heterocycles. The number of carbonyl (C=O) groups is 2. The molecule has 0 saturated heterocycles. The van der Waals surface area contributed by atoms with E-state index in [9.17, 15) is 14.7 Å². The van der Waals surface area contributed by atoms with Gasteiger partial charge in [-0.2, -0.15) is 0 Å². The Kier molecular flexibility index (Phi) is 5.40. The van der Waals surface area contributed by atoms with Crippen molar-refractivity contribution in [1.82, 2.24) is 4.90 Å². The molecule has 4 nitrogen and oxygen atoms in total. The Morgan fingerprint density at radius 1 is 1.15 bits per heavy atom. The van der Waals surface area contributed by atoms with Gasteiger partial charge in [0.05, 0.1) is 5.92 Å². The lowest BCUT2D eigenvalue weighted by Gasteiger charge is -2.33. The standard InChI is InChI=1S/C22H25NO3/c1-3-16(17-10-8-15(2)9-11-17)12-21(24)23-13-18-6-4-5-7-19(18)20(14-23)22(25)26/h4-11,16,20H,3,12-14H2,1-2H3,(H,25,26). The number of fused-ring (bicyclic) bond motifs is 1. The Bertz CT molecular complexity index is 797. The number of carbonyl (C=O) groups excluding carboxylic acids is 1. The molecule has 2 atom stereocenters. The Morgan fingerprint density at radius 3 is 2.50 bits per heavy atom. The van der Waals surface area contributed by atoms with Gasteiger partial charge >= 0.3 is 5.97 Å². The van der Waals surface area contributed by atoms with E-state index in [0.29, 0.717) is 13.0 Å². The Balaban J connectivity index is 1.77. The molecule has 26 heavy (non-hydrogen) atoms. The van der Waals surface area contributed by atoms with Gasteiger partial charge in [0.15, 0.2) is 0 Å². The van der Waals surface area contributed by atoms with Crippen LogP contribution >= 0.6 is 0 Å². The van der Waals surface area contributed by atoms with Crippen molar-refractivity contribution in [3.8, 4) is 0 Å². The van der Waals surface area contributed by atoms with Gasteiger partial charge in [0.1, 0.15) is 0 Å². The molecule has 1 amide bonds. The second-order valence-electron chi connectivity index (χ2n) is 7.08. The summed E-state index contributed by atoms with van der Waals surface area (Å²) < 4.78 is 0. The van der Waals surface area contributed by atoms with Gasteiger partial charge in [-0.05, 0) is 36.0 Å². The molecule has 0 aliphatic carbocycles. The first-order valence-corrected chi connectivity index (χ1v) is 9.14. The van der Waals surface area contributed by atoms with Gasteiger partial charge in [0, 0.05) is 19.5 Å². The normalized spacial score (nSPS) is 17.5. The first-order chi connectivity index (χ1) is 12.5. The molecule has 3 rings (SSSR count). The van der Waals surface area contributed by atoms with Crippen LogP contribution in [0.4, 0.5) is 0 Å². The van der Waals surface area contributed by atoms with Crippen molar-refractivity contribution in [2.45, 2.75) is 45.1 Å². The smallest absolute Gasteiger partial charge is 0.312 e. The fourth-order valence-corrected chi connectivity index (χ4v) is 3.68. The summed E-state index contributed by atoms with van der Waals surface area (Å²) in [6.07, 6.45) is 1.29. The quantitative estimate of drug-likeness (QED) is 0.883. The summed E-state index contributed by atoms with van der Waals surface area (Å²) >= 11 is 0. The van der Waals surface area contributed by atoms with Crippen molar-refractivity contribution in [2.75, 3.05) is 6.54 Å². The largest absolute Gasteiger partial charge is 0.481 e. The molecule has 136 valence electrons. The van der Waals surface area contributed by atoms with Gasteiger partial charge in [0.2, 0.25) is 5.91 Å². The average molecular weight is 351 g/mol. The number of carboxylic acids is 1. The SMILES string of the molecule is CCC(CC(=O)N1Cc2ccccc2C(C(=O)O)C1)c1ccc(C)cc1. The van der Waals surface area contributed by atoms with E-state index in [1.807, 2.05) is 31.2 Å². The van der Waals surface area contributed by atoms with Crippen LogP contribution in [0.25, 0.3) is 0 Å². The minimum Gasteiger partial charge on any atom is -0.481 e. The molecule has 2 aromatic rings. The molecule has 0 saturated carbocycles. The lowest BCUT2D eigenvalue weighted by molar-refractivity contribution is -0.141. The van der Waals surface area contributed by atoms with Crippen LogP contribution in [0, 0.1) is 6.92 Å². The first-order valence-electron chi connectivity index (χ1n) is 9.14. The number of aliphatic carboxylic acids is 1. The fraction of sp³-hybridized carbons (Fsp3) is 0.364. The van der Waals surface area contributed by atoms with Gasteiger partial charge in [-0.15, -0.1) is 0 Å². The van der Waals surface area contributed by atoms with Gasteiger partial charge in [0.25, 0.3) is 0 Å². The van der Waals surface area contributed by atoms with Gasteiger partial charge in [-0.3, -0.25) is 9.59 Å². The second kappa shape index (κ2) is 7.73. The molecular weight excluding hydrogens is 326 g/mol. The number of nitrogens with zero attached hydrogens (tertiary/aromatic N) is 1. The van der Waals surface area contributed by atoms with Crippen LogP contribution in [0.3, 0.4) is 0 Å². The topological polar surface area (TPSA) is 57.6 Å². The van der Waals surface area contributed by atoms with Gasteiger partial charge < -0.3 is 10.0 Å². The molecule has 0 fully saturated rings. The molecule has 0 bridgehead atoms. The Hall–Kier alpha value is -2.62. The maximum Gasteiger partial charge on any atom is 0.312 e. The van der Waals surface area contributed by atoms with Crippen molar-refractivity contribution in [1.29, 1.82) is 0 Å². The summed E-state index contributed by atoms with van der Waals surface area (Å²) in [4.78, 5) is 26.3. The van der Waals surface area contributed by atoms with Crippen LogP contribution < -0.4 is 0 Å². The zero-order chi connectivity index (χ0) is 18.7. The Morgan fingerprint density at radius 2 is 1.85 bits per heavy atom. The van der Waals surface area contributed by atoms with Crippen molar-refractivity contribution >= 4 is 11.9 Å². The maximum atomic E-state index is 12.9. The highest BCUT2D eigenvalue weighted by Gasteiger charge is 2.32. The molecule has 1 N–H and O–H groups in total. The van der Waals surface area contributed by atoms with Crippen molar-refractivity contribution in [3.63, 3.8) is 0 Å². The summed E-state index contributed by atoms with van der Waals surface area (Å²) in [5, 5.41) is 9.58. The van der Waals surface area contributed by atoms with Gasteiger partial charge in [-0.25, -0.2) is 0 Å². The van der Waals surface area contributed by atoms with E-state index in [0.717, 1.165) is 17.5 Å². The van der Waals surface area contributed by atoms with Crippen LogP contribution in [0.1, 0.15) is 53.9 Å². The van der Waals surface area contributed by atoms with E-state index in [1.54, 1.807) is 4.90 Å². The fourth-order valence-electron chi connectivity index (χ4n) is 3.68. The highest BCUT2D eigenvalue weighted by molar-refractivity contribution is 5.82. The number of hydrogen-bond acceptors (Lipinski definition) is 2. The van der Waals surface area contributed by atoms with E-state index in [-0.39, 0.29) is 18.4 Å². The van der Waals surface area contributed by atoms with Crippen LogP contribution in [0.5, 0.6) is 0 Å². The Labute approximate surface area is 154 Å². The predicted octanol–water partition coefficient (Wildman–Crippen LogP) is 4.09. The van der Waals surface area contributed by atoms with Crippen LogP contribution in [0.15, 0.2) is 48.5 Å². The summed E-state index contributed by atoms with van der Waals surface area (Å²) in [5.41, 5.74) is 4.13. The summed E-state index contributed by atoms with van der Waals surface area (Å²) in [7, 11) is 0. The maximum absolute atomic E-state index is 12.9. The number of hydrogen-bond donors (Lipinski definition) is 1. The third-order valence-corrected chi connectivity index (χ3v) is 5.31. The van der Waals surface area contributed by atoms with E-state index < -0.39 is 11.9 Å². The molecule has 0 spiro atoms. The van der Waals surface area contributed by atoms with E-state index in [1.165, 1.54) is 11.1 Å².